The predicted octanol–water partition coefficient (Wildman–Crippen LogP) is 2.06. The topological polar surface area (TPSA) is 58.4 Å². The first-order valence-electron chi connectivity index (χ1n) is 6.35. The van der Waals surface area contributed by atoms with Crippen LogP contribution >= 0.6 is 24.8 Å². The molecular weight excluding hydrogens is 297 g/mol. The minimum Gasteiger partial charge on any atom is -0.352 e. The van der Waals surface area contributed by atoms with Crippen LogP contribution in [-0.2, 0) is 6.54 Å². The number of unbranched alkanes of at least 4 members (excludes halogenated alkanes) is 1. The largest absolute Gasteiger partial charge is 0.352 e. The first-order chi connectivity index (χ1) is 8.63. The molecular formula is C14H25Cl2N3O. The molecule has 0 aliphatic rings. The molecule has 20 heavy (non-hydrogen) atoms. The third-order valence-electron chi connectivity index (χ3n) is 2.60. The number of amides is 1. The van der Waals surface area contributed by atoms with Gasteiger partial charge in [-0.2, -0.15) is 0 Å². The average Bonchev–Trinajstić information content (AvgIpc) is 2.34. The minimum atomic E-state index is -0.00683. The van der Waals surface area contributed by atoms with E-state index >= 15 is 0 Å². The standard InChI is InChI=1S/C14H23N3O.2ClH/c1-17(2)11-12-6-5-7-13(10-12)14(18)16-9-4-3-8-15;;/h5-7,10H,3-4,8-9,11,15H2,1-2H3,(H,16,18);2*1H. The maximum Gasteiger partial charge on any atom is 0.251 e. The summed E-state index contributed by atoms with van der Waals surface area (Å²) in [6, 6.07) is 7.74. The highest BCUT2D eigenvalue weighted by Crippen LogP contribution is 2.07. The van der Waals surface area contributed by atoms with Crippen LogP contribution in [0.25, 0.3) is 0 Å². The second-order valence-corrected chi connectivity index (χ2v) is 4.69. The van der Waals surface area contributed by atoms with Crippen molar-refractivity contribution in [2.45, 2.75) is 19.4 Å². The molecule has 6 heteroatoms. The van der Waals surface area contributed by atoms with Gasteiger partial charge in [0.05, 0.1) is 0 Å². The second kappa shape index (κ2) is 12.0. The lowest BCUT2D eigenvalue weighted by atomic mass is 10.1. The zero-order valence-corrected chi connectivity index (χ0v) is 13.7. The number of halogens is 2. The molecule has 0 aliphatic heterocycles. The van der Waals surface area contributed by atoms with E-state index in [9.17, 15) is 4.79 Å². The van der Waals surface area contributed by atoms with Crippen molar-refractivity contribution in [3.8, 4) is 0 Å². The Morgan fingerprint density at radius 1 is 1.25 bits per heavy atom. The number of hydrogen-bond acceptors (Lipinski definition) is 3. The molecule has 1 rings (SSSR count). The Balaban J connectivity index is 0. The molecule has 0 heterocycles. The van der Waals surface area contributed by atoms with Crippen molar-refractivity contribution < 1.29 is 4.79 Å². The van der Waals surface area contributed by atoms with E-state index in [1.165, 1.54) is 0 Å². The van der Waals surface area contributed by atoms with Crippen LogP contribution in [0.2, 0.25) is 0 Å². The third kappa shape index (κ3) is 8.38. The first-order valence-corrected chi connectivity index (χ1v) is 6.35. The first kappa shape index (κ1) is 21.5. The van der Waals surface area contributed by atoms with Gasteiger partial charge in [0.15, 0.2) is 0 Å². The number of hydrogen-bond donors (Lipinski definition) is 2. The van der Waals surface area contributed by atoms with Gasteiger partial charge in [-0.3, -0.25) is 4.79 Å². The Morgan fingerprint density at radius 2 is 1.95 bits per heavy atom. The van der Waals surface area contributed by atoms with E-state index in [0.29, 0.717) is 13.1 Å². The highest BCUT2D eigenvalue weighted by molar-refractivity contribution is 5.94. The van der Waals surface area contributed by atoms with Crippen molar-refractivity contribution in [1.29, 1.82) is 0 Å². The number of carbonyl (C=O) groups excluding carboxylic acids is 1. The summed E-state index contributed by atoms with van der Waals surface area (Å²) in [5.41, 5.74) is 7.28. The number of nitrogens with two attached hydrogens (primary N) is 1. The number of nitrogens with one attached hydrogen (secondary N) is 1. The van der Waals surface area contributed by atoms with Crippen LogP contribution in [-0.4, -0.2) is 38.0 Å². The van der Waals surface area contributed by atoms with Crippen LogP contribution in [0.1, 0.15) is 28.8 Å². The fourth-order valence-corrected chi connectivity index (χ4v) is 1.75. The van der Waals surface area contributed by atoms with Crippen molar-refractivity contribution in [3.63, 3.8) is 0 Å². The molecule has 3 N–H and O–H groups in total. The van der Waals surface area contributed by atoms with Crippen molar-refractivity contribution in [3.05, 3.63) is 35.4 Å². The Hall–Kier alpha value is -0.810. The summed E-state index contributed by atoms with van der Waals surface area (Å²) < 4.78 is 0. The summed E-state index contributed by atoms with van der Waals surface area (Å²) in [6.07, 6.45) is 1.88. The van der Waals surface area contributed by atoms with Crippen LogP contribution in [0.15, 0.2) is 24.3 Å². The van der Waals surface area contributed by atoms with Crippen LogP contribution in [0.3, 0.4) is 0 Å². The fourth-order valence-electron chi connectivity index (χ4n) is 1.75. The van der Waals surface area contributed by atoms with E-state index < -0.39 is 0 Å². The Morgan fingerprint density at radius 3 is 2.55 bits per heavy atom. The highest BCUT2D eigenvalue weighted by Gasteiger charge is 2.05. The Labute approximate surface area is 133 Å². The third-order valence-corrected chi connectivity index (χ3v) is 2.60. The molecule has 0 saturated heterocycles. The Bertz CT molecular complexity index is 386. The summed E-state index contributed by atoms with van der Waals surface area (Å²) in [4.78, 5) is 14.0. The fraction of sp³-hybridized carbons (Fsp3) is 0.500. The normalized spacial score (nSPS) is 9.60. The number of carbonyl (C=O) groups is 1. The monoisotopic (exact) mass is 321 g/mol. The summed E-state index contributed by atoms with van der Waals surface area (Å²) in [5.74, 6) is -0.00683. The molecule has 0 aromatic heterocycles. The van der Waals surface area contributed by atoms with Gasteiger partial charge in [0, 0.05) is 18.7 Å². The number of benzene rings is 1. The van der Waals surface area contributed by atoms with E-state index in [0.717, 1.165) is 30.5 Å². The van der Waals surface area contributed by atoms with E-state index in [1.807, 2.05) is 38.4 Å². The van der Waals surface area contributed by atoms with Crippen molar-refractivity contribution >= 4 is 30.7 Å². The van der Waals surface area contributed by atoms with Crippen LogP contribution in [0.5, 0.6) is 0 Å². The van der Waals surface area contributed by atoms with Gasteiger partial charge in [0.2, 0.25) is 0 Å². The maximum atomic E-state index is 11.9. The zero-order valence-electron chi connectivity index (χ0n) is 12.1. The number of rotatable bonds is 7. The van der Waals surface area contributed by atoms with Crippen molar-refractivity contribution in [2.24, 2.45) is 5.73 Å². The van der Waals surface area contributed by atoms with Gasteiger partial charge >= 0.3 is 0 Å². The van der Waals surface area contributed by atoms with Crippen molar-refractivity contribution in [2.75, 3.05) is 27.2 Å². The van der Waals surface area contributed by atoms with E-state index in [-0.39, 0.29) is 30.7 Å². The second-order valence-electron chi connectivity index (χ2n) is 4.69. The van der Waals surface area contributed by atoms with E-state index in [1.54, 1.807) is 0 Å². The van der Waals surface area contributed by atoms with Gasteiger partial charge in [0.25, 0.3) is 5.91 Å². The predicted molar refractivity (Wildman–Crippen MR) is 89.0 cm³/mol. The van der Waals surface area contributed by atoms with Gasteiger partial charge < -0.3 is 16.0 Å². The summed E-state index contributed by atoms with van der Waals surface area (Å²) in [5, 5.41) is 2.91. The number of nitrogens with zero attached hydrogens (tertiary/aromatic N) is 1. The minimum absolute atomic E-state index is 0. The summed E-state index contributed by atoms with van der Waals surface area (Å²) >= 11 is 0. The lowest BCUT2D eigenvalue weighted by Crippen LogP contribution is -2.25. The smallest absolute Gasteiger partial charge is 0.251 e. The average molecular weight is 322 g/mol. The summed E-state index contributed by atoms with van der Waals surface area (Å²) in [7, 11) is 4.03. The quantitative estimate of drug-likeness (QED) is 0.756. The molecule has 4 nitrogen and oxygen atoms in total. The van der Waals surface area contributed by atoms with Gasteiger partial charge in [0.1, 0.15) is 0 Å². The molecule has 1 amide bonds. The van der Waals surface area contributed by atoms with Crippen LogP contribution < -0.4 is 11.1 Å². The van der Waals surface area contributed by atoms with Gasteiger partial charge in [-0.1, -0.05) is 12.1 Å². The van der Waals surface area contributed by atoms with E-state index in [4.69, 9.17) is 5.73 Å². The highest BCUT2D eigenvalue weighted by atomic mass is 35.5. The van der Waals surface area contributed by atoms with Gasteiger partial charge in [-0.25, -0.2) is 0 Å². The zero-order chi connectivity index (χ0) is 13.4. The molecule has 0 saturated carbocycles. The maximum absolute atomic E-state index is 11.9. The summed E-state index contributed by atoms with van der Waals surface area (Å²) in [6.45, 7) is 2.20. The van der Waals surface area contributed by atoms with Crippen molar-refractivity contribution in [1.82, 2.24) is 10.2 Å². The van der Waals surface area contributed by atoms with Gasteiger partial charge in [-0.15, -0.1) is 24.8 Å². The molecule has 0 bridgehead atoms. The molecule has 0 aliphatic carbocycles. The van der Waals surface area contributed by atoms with Gasteiger partial charge in [-0.05, 0) is 51.2 Å². The molecule has 0 unspecified atom stereocenters. The van der Waals surface area contributed by atoms with Crippen LogP contribution in [0.4, 0.5) is 0 Å². The molecule has 116 valence electrons. The molecule has 1 aromatic carbocycles. The van der Waals surface area contributed by atoms with Crippen LogP contribution in [0, 0.1) is 0 Å². The molecule has 0 radical (unpaired) electrons. The molecule has 0 fully saturated rings. The lowest BCUT2D eigenvalue weighted by Gasteiger charge is -2.11. The lowest BCUT2D eigenvalue weighted by molar-refractivity contribution is 0.0953. The SMILES string of the molecule is CN(C)Cc1cccc(C(=O)NCCCCN)c1.Cl.Cl. The molecule has 0 atom stereocenters. The molecule has 0 spiro atoms. The molecule has 1 aromatic rings. The Kier molecular flexibility index (Phi) is 12.9. The van der Waals surface area contributed by atoms with E-state index in [2.05, 4.69) is 10.2 Å².